The lowest BCUT2D eigenvalue weighted by Crippen LogP contribution is -2.27. The summed E-state index contributed by atoms with van der Waals surface area (Å²) in [6.45, 7) is 1.26. The van der Waals surface area contributed by atoms with Crippen molar-refractivity contribution in [2.24, 2.45) is 0 Å². The zero-order chi connectivity index (χ0) is 16.9. The Hall–Kier alpha value is -3.15. The van der Waals surface area contributed by atoms with E-state index >= 15 is 0 Å². The Kier molecular flexibility index (Phi) is 4.56. The minimum atomic E-state index is -0.316. The molecule has 0 bridgehead atoms. The van der Waals surface area contributed by atoms with Crippen molar-refractivity contribution in [3.05, 3.63) is 66.0 Å². The summed E-state index contributed by atoms with van der Waals surface area (Å²) < 4.78 is 12.8. The molecule has 6 heteroatoms. The van der Waals surface area contributed by atoms with E-state index in [0.717, 1.165) is 11.3 Å². The molecule has 2 aromatic carbocycles. The van der Waals surface area contributed by atoms with Crippen molar-refractivity contribution in [3.8, 4) is 0 Å². The molecule has 0 saturated carbocycles. The maximum atomic E-state index is 12.8. The highest BCUT2D eigenvalue weighted by molar-refractivity contribution is 6.02. The van der Waals surface area contributed by atoms with Gasteiger partial charge in [-0.3, -0.25) is 9.69 Å². The Bertz CT molecular complexity index is 770. The summed E-state index contributed by atoms with van der Waals surface area (Å²) in [6, 6.07) is 12.8. The van der Waals surface area contributed by atoms with Gasteiger partial charge in [0.2, 0.25) is 5.91 Å². The van der Waals surface area contributed by atoms with Crippen LogP contribution < -0.4 is 15.5 Å². The second kappa shape index (κ2) is 6.95. The number of hydrogen-bond donors (Lipinski definition) is 2. The predicted octanol–water partition coefficient (Wildman–Crippen LogP) is 3.01. The van der Waals surface area contributed by atoms with Crippen molar-refractivity contribution < 1.29 is 14.0 Å². The van der Waals surface area contributed by atoms with E-state index in [1.54, 1.807) is 47.4 Å². The molecular weight excluding hydrogens is 309 g/mol. The van der Waals surface area contributed by atoms with Crippen molar-refractivity contribution in [1.29, 1.82) is 0 Å². The summed E-state index contributed by atoms with van der Waals surface area (Å²) in [4.78, 5) is 25.1. The molecule has 2 N–H and O–H groups in total. The topological polar surface area (TPSA) is 61.4 Å². The fourth-order valence-electron chi connectivity index (χ4n) is 2.37. The number of nitrogens with zero attached hydrogens (tertiary/aromatic N) is 1. The Labute approximate surface area is 138 Å². The van der Waals surface area contributed by atoms with Crippen LogP contribution in [0.5, 0.6) is 0 Å². The van der Waals surface area contributed by atoms with Gasteiger partial charge >= 0.3 is 6.03 Å². The molecule has 5 nitrogen and oxygen atoms in total. The highest BCUT2D eigenvalue weighted by Gasteiger charge is 2.20. The largest absolute Gasteiger partial charge is 0.336 e. The molecule has 1 fully saturated rings. The SMILES string of the molecule is O=C(/C=C/c1ccc(F)cc1)Nc1ccc(N2CCNC2=O)cc1. The average Bonchev–Trinajstić information content (AvgIpc) is 3.01. The number of halogens is 1. The lowest BCUT2D eigenvalue weighted by atomic mass is 10.2. The van der Waals surface area contributed by atoms with Crippen molar-refractivity contribution in [3.63, 3.8) is 0 Å². The van der Waals surface area contributed by atoms with Gasteiger partial charge in [0.05, 0.1) is 0 Å². The van der Waals surface area contributed by atoms with Gasteiger partial charge < -0.3 is 10.6 Å². The number of hydrogen-bond acceptors (Lipinski definition) is 2. The first-order valence-electron chi connectivity index (χ1n) is 7.52. The van der Waals surface area contributed by atoms with Gasteiger partial charge in [-0.1, -0.05) is 12.1 Å². The molecule has 0 unspecified atom stereocenters. The molecule has 3 rings (SSSR count). The fraction of sp³-hybridized carbons (Fsp3) is 0.111. The molecule has 0 radical (unpaired) electrons. The molecule has 1 heterocycles. The summed E-state index contributed by atoms with van der Waals surface area (Å²) in [6.07, 6.45) is 2.99. The third-order valence-corrected chi connectivity index (χ3v) is 3.60. The van der Waals surface area contributed by atoms with E-state index < -0.39 is 0 Å². The quantitative estimate of drug-likeness (QED) is 0.849. The van der Waals surface area contributed by atoms with Crippen LogP contribution in [0.3, 0.4) is 0 Å². The molecule has 0 aliphatic carbocycles. The number of amides is 3. The molecule has 0 spiro atoms. The Morgan fingerprint density at radius 1 is 1.12 bits per heavy atom. The molecule has 122 valence electrons. The lowest BCUT2D eigenvalue weighted by molar-refractivity contribution is -0.111. The van der Waals surface area contributed by atoms with Crippen LogP contribution >= 0.6 is 0 Å². The van der Waals surface area contributed by atoms with E-state index in [2.05, 4.69) is 10.6 Å². The first-order valence-corrected chi connectivity index (χ1v) is 7.52. The molecule has 1 aliphatic heterocycles. The fourth-order valence-corrected chi connectivity index (χ4v) is 2.37. The summed E-state index contributed by atoms with van der Waals surface area (Å²) >= 11 is 0. The molecular formula is C18H16FN3O2. The maximum Gasteiger partial charge on any atom is 0.321 e. The molecule has 3 amide bonds. The summed E-state index contributed by atoms with van der Waals surface area (Å²) in [5, 5.41) is 5.47. The molecule has 0 atom stereocenters. The first-order chi connectivity index (χ1) is 11.6. The van der Waals surface area contributed by atoms with E-state index in [9.17, 15) is 14.0 Å². The average molecular weight is 325 g/mol. The van der Waals surface area contributed by atoms with Gasteiger partial charge in [0.25, 0.3) is 0 Å². The van der Waals surface area contributed by atoms with Crippen molar-refractivity contribution in [1.82, 2.24) is 5.32 Å². The standard InChI is InChI=1S/C18H16FN3O2/c19-14-4-1-13(2-5-14)3-10-17(23)21-15-6-8-16(9-7-15)22-12-11-20-18(22)24/h1-10H,11-12H2,(H,20,24)(H,21,23)/b10-3+. The van der Waals surface area contributed by atoms with Gasteiger partial charge in [0, 0.05) is 30.5 Å². The first kappa shape index (κ1) is 15.7. The van der Waals surface area contributed by atoms with Crippen LogP contribution in [0.4, 0.5) is 20.6 Å². The van der Waals surface area contributed by atoms with Crippen LogP contribution in [0, 0.1) is 5.82 Å². The van der Waals surface area contributed by atoms with E-state index in [-0.39, 0.29) is 17.8 Å². The monoisotopic (exact) mass is 325 g/mol. The third kappa shape index (κ3) is 3.78. The summed E-state index contributed by atoms with van der Waals surface area (Å²) in [5.41, 5.74) is 2.15. The number of urea groups is 1. The molecule has 1 saturated heterocycles. The maximum absolute atomic E-state index is 12.8. The van der Waals surface area contributed by atoms with Gasteiger partial charge in [-0.05, 0) is 48.0 Å². The zero-order valence-electron chi connectivity index (χ0n) is 12.8. The number of carbonyl (C=O) groups is 2. The summed E-state index contributed by atoms with van der Waals surface area (Å²) in [7, 11) is 0. The Balaban J connectivity index is 1.60. The van der Waals surface area contributed by atoms with Gasteiger partial charge in [0.15, 0.2) is 0 Å². The molecule has 2 aromatic rings. The normalized spacial score (nSPS) is 14.0. The number of anilines is 2. The minimum absolute atomic E-state index is 0.117. The number of benzene rings is 2. The van der Waals surface area contributed by atoms with Crippen LogP contribution in [-0.4, -0.2) is 25.0 Å². The van der Waals surface area contributed by atoms with Crippen LogP contribution in [0.25, 0.3) is 6.08 Å². The lowest BCUT2D eigenvalue weighted by Gasteiger charge is -2.14. The molecule has 24 heavy (non-hydrogen) atoms. The number of carbonyl (C=O) groups excluding carboxylic acids is 2. The Morgan fingerprint density at radius 2 is 1.83 bits per heavy atom. The number of nitrogens with one attached hydrogen (secondary N) is 2. The second-order valence-corrected chi connectivity index (χ2v) is 5.30. The van der Waals surface area contributed by atoms with Crippen LogP contribution in [0.2, 0.25) is 0 Å². The highest BCUT2D eigenvalue weighted by Crippen LogP contribution is 2.19. The zero-order valence-corrected chi connectivity index (χ0v) is 12.8. The van der Waals surface area contributed by atoms with E-state index in [1.807, 2.05) is 0 Å². The van der Waals surface area contributed by atoms with Crippen LogP contribution in [0.15, 0.2) is 54.6 Å². The van der Waals surface area contributed by atoms with Gasteiger partial charge in [0.1, 0.15) is 5.82 Å². The predicted molar refractivity (Wildman–Crippen MR) is 91.3 cm³/mol. The van der Waals surface area contributed by atoms with Crippen molar-refractivity contribution >= 4 is 29.4 Å². The van der Waals surface area contributed by atoms with Gasteiger partial charge in [-0.2, -0.15) is 0 Å². The highest BCUT2D eigenvalue weighted by atomic mass is 19.1. The van der Waals surface area contributed by atoms with Crippen LogP contribution in [-0.2, 0) is 4.79 Å². The second-order valence-electron chi connectivity index (χ2n) is 5.30. The van der Waals surface area contributed by atoms with Gasteiger partial charge in [-0.25, -0.2) is 9.18 Å². The van der Waals surface area contributed by atoms with Gasteiger partial charge in [-0.15, -0.1) is 0 Å². The molecule has 0 aromatic heterocycles. The van der Waals surface area contributed by atoms with E-state index in [0.29, 0.717) is 18.8 Å². The molecule has 1 aliphatic rings. The third-order valence-electron chi connectivity index (χ3n) is 3.60. The smallest absolute Gasteiger partial charge is 0.321 e. The minimum Gasteiger partial charge on any atom is -0.336 e. The Morgan fingerprint density at radius 3 is 2.46 bits per heavy atom. The summed E-state index contributed by atoms with van der Waals surface area (Å²) in [5.74, 6) is -0.602. The van der Waals surface area contributed by atoms with E-state index in [1.165, 1.54) is 18.2 Å². The van der Waals surface area contributed by atoms with E-state index in [4.69, 9.17) is 0 Å². The number of rotatable bonds is 4. The van der Waals surface area contributed by atoms with Crippen molar-refractivity contribution in [2.45, 2.75) is 0 Å². The van der Waals surface area contributed by atoms with Crippen molar-refractivity contribution in [2.75, 3.05) is 23.3 Å². The van der Waals surface area contributed by atoms with Crippen LogP contribution in [0.1, 0.15) is 5.56 Å².